The fraction of sp³-hybridized carbons (Fsp3) is 0.542. The van der Waals surface area contributed by atoms with Gasteiger partial charge in [-0.25, -0.2) is 13.8 Å². The fourth-order valence-corrected chi connectivity index (χ4v) is 4.82. The maximum Gasteiger partial charge on any atom is 0.257 e. The van der Waals surface area contributed by atoms with Gasteiger partial charge in [0.25, 0.3) is 5.92 Å². The van der Waals surface area contributed by atoms with Gasteiger partial charge >= 0.3 is 0 Å². The van der Waals surface area contributed by atoms with E-state index in [4.69, 9.17) is 0 Å². The molecule has 0 radical (unpaired) electrons. The number of nitrogens with zero attached hydrogens (tertiary/aromatic N) is 2. The number of halogens is 2. The van der Waals surface area contributed by atoms with Crippen molar-refractivity contribution in [2.24, 2.45) is 0 Å². The molecule has 2 aromatic heterocycles. The van der Waals surface area contributed by atoms with Gasteiger partial charge in [0.2, 0.25) is 11.5 Å². The summed E-state index contributed by atoms with van der Waals surface area (Å²) in [6.45, 7) is 1.87. The number of alkyl halides is 2. The Morgan fingerprint density at radius 3 is 2.59 bits per heavy atom. The van der Waals surface area contributed by atoms with E-state index in [9.17, 15) is 18.4 Å². The van der Waals surface area contributed by atoms with Crippen LogP contribution in [0.4, 0.5) is 14.6 Å². The van der Waals surface area contributed by atoms with E-state index < -0.39 is 17.9 Å². The Bertz CT molecular complexity index is 966. The monoisotopic (exact) mass is 444 g/mol. The summed E-state index contributed by atoms with van der Waals surface area (Å²) in [6.07, 6.45) is 8.98. The first-order chi connectivity index (χ1) is 15.3. The summed E-state index contributed by atoms with van der Waals surface area (Å²) in [4.78, 5) is 32.8. The standard InChI is InChI=1S/C24H30F2N4O2/c1-16(23(32)29-21-9-7-18(13-27-21)17-5-3-2-4-6-17)30-12-11-24(25,26)20(15-30)19-8-10-22(31)28-14-19/h7-10,13-14,16-17,20H,2-6,11-12,15H2,1H3,(H,28,31)(H,27,29,32)/t16?,20-/m1/s1. The Morgan fingerprint density at radius 2 is 1.94 bits per heavy atom. The summed E-state index contributed by atoms with van der Waals surface area (Å²) in [7, 11) is 0. The van der Waals surface area contributed by atoms with Crippen molar-refractivity contribution < 1.29 is 13.6 Å². The Balaban J connectivity index is 1.39. The second-order valence-corrected chi connectivity index (χ2v) is 9.02. The van der Waals surface area contributed by atoms with Crippen LogP contribution in [0.3, 0.4) is 0 Å². The van der Waals surface area contributed by atoms with Crippen LogP contribution in [0.25, 0.3) is 0 Å². The zero-order chi connectivity index (χ0) is 22.7. The van der Waals surface area contributed by atoms with E-state index >= 15 is 0 Å². The van der Waals surface area contributed by atoms with Crippen LogP contribution >= 0.6 is 0 Å². The van der Waals surface area contributed by atoms with Gasteiger partial charge < -0.3 is 10.3 Å². The van der Waals surface area contributed by atoms with Crippen molar-refractivity contribution in [3.8, 4) is 0 Å². The summed E-state index contributed by atoms with van der Waals surface area (Å²) in [6, 6.07) is 5.95. The molecule has 4 rings (SSSR count). The lowest BCUT2D eigenvalue weighted by Gasteiger charge is -2.40. The number of H-pyrrole nitrogens is 1. The van der Waals surface area contributed by atoms with E-state index in [0.717, 1.165) is 0 Å². The molecule has 172 valence electrons. The molecule has 0 bridgehead atoms. The van der Waals surface area contributed by atoms with Gasteiger partial charge in [0.15, 0.2) is 0 Å². The van der Waals surface area contributed by atoms with Crippen LogP contribution in [0.15, 0.2) is 41.5 Å². The highest BCUT2D eigenvalue weighted by atomic mass is 19.3. The molecule has 2 fully saturated rings. The van der Waals surface area contributed by atoms with E-state index in [2.05, 4.69) is 15.3 Å². The van der Waals surface area contributed by atoms with Gasteiger partial charge in [0.05, 0.1) is 12.0 Å². The topological polar surface area (TPSA) is 78.1 Å². The smallest absolute Gasteiger partial charge is 0.257 e. The molecule has 6 nitrogen and oxygen atoms in total. The SMILES string of the molecule is CC(C(=O)Nc1ccc(C2CCCCC2)cn1)N1CCC(F)(F)[C@@H](c2ccc(=O)[nH]c2)C1. The normalized spacial score (nSPS) is 22.9. The quantitative estimate of drug-likeness (QED) is 0.722. The second-order valence-electron chi connectivity index (χ2n) is 9.02. The molecule has 2 aromatic rings. The highest BCUT2D eigenvalue weighted by molar-refractivity contribution is 5.93. The number of hydrogen-bond acceptors (Lipinski definition) is 4. The minimum absolute atomic E-state index is 0.0294. The lowest BCUT2D eigenvalue weighted by atomic mass is 9.85. The molecule has 2 N–H and O–H groups in total. The Morgan fingerprint density at radius 1 is 1.19 bits per heavy atom. The molecule has 1 amide bonds. The second kappa shape index (κ2) is 9.48. The molecule has 2 aliphatic rings. The van der Waals surface area contributed by atoms with Crippen LogP contribution in [0, 0.1) is 0 Å². The van der Waals surface area contributed by atoms with Gasteiger partial charge in [0, 0.05) is 38.0 Å². The molecule has 1 aliphatic heterocycles. The maximum absolute atomic E-state index is 14.6. The number of aromatic amines is 1. The lowest BCUT2D eigenvalue weighted by Crippen LogP contribution is -2.52. The molecule has 1 aliphatic carbocycles. The average molecular weight is 445 g/mol. The van der Waals surface area contributed by atoms with Gasteiger partial charge in [0.1, 0.15) is 5.82 Å². The first kappa shape index (κ1) is 22.6. The van der Waals surface area contributed by atoms with Crippen molar-refractivity contribution in [2.45, 2.75) is 69.2 Å². The number of hydrogen-bond donors (Lipinski definition) is 2. The van der Waals surface area contributed by atoms with Crippen molar-refractivity contribution in [2.75, 3.05) is 18.4 Å². The molecule has 0 aromatic carbocycles. The van der Waals surface area contributed by atoms with Crippen LogP contribution in [0.5, 0.6) is 0 Å². The molecular weight excluding hydrogens is 414 g/mol. The van der Waals surface area contributed by atoms with Crippen molar-refractivity contribution in [1.82, 2.24) is 14.9 Å². The number of carbonyl (C=O) groups excluding carboxylic acids is 1. The average Bonchev–Trinajstić information content (AvgIpc) is 2.80. The molecule has 1 unspecified atom stereocenters. The molecule has 1 saturated heterocycles. The minimum atomic E-state index is -2.90. The molecular formula is C24H30F2N4O2. The summed E-state index contributed by atoms with van der Waals surface area (Å²) in [5.74, 6) is -3.24. The summed E-state index contributed by atoms with van der Waals surface area (Å²) in [5, 5.41) is 2.83. The zero-order valence-electron chi connectivity index (χ0n) is 18.3. The fourth-order valence-electron chi connectivity index (χ4n) is 4.82. The van der Waals surface area contributed by atoms with Crippen molar-refractivity contribution in [3.63, 3.8) is 0 Å². The Kier molecular flexibility index (Phi) is 6.69. The minimum Gasteiger partial charge on any atom is -0.329 e. The molecule has 3 heterocycles. The van der Waals surface area contributed by atoms with Crippen LogP contribution in [0.1, 0.15) is 68.4 Å². The Hall–Kier alpha value is -2.61. The van der Waals surface area contributed by atoms with E-state index in [1.54, 1.807) is 11.8 Å². The number of pyridine rings is 2. The van der Waals surface area contributed by atoms with Gasteiger partial charge in [-0.05, 0) is 42.9 Å². The summed E-state index contributed by atoms with van der Waals surface area (Å²) in [5.41, 5.74) is 1.24. The number of amides is 1. The van der Waals surface area contributed by atoms with Crippen LogP contribution < -0.4 is 10.9 Å². The first-order valence-electron chi connectivity index (χ1n) is 11.4. The molecule has 8 heteroatoms. The highest BCUT2D eigenvalue weighted by Gasteiger charge is 2.46. The van der Waals surface area contributed by atoms with E-state index in [-0.39, 0.29) is 31.0 Å². The summed E-state index contributed by atoms with van der Waals surface area (Å²) < 4.78 is 29.2. The van der Waals surface area contributed by atoms with Crippen molar-refractivity contribution >= 4 is 11.7 Å². The van der Waals surface area contributed by atoms with Crippen LogP contribution in [0.2, 0.25) is 0 Å². The number of anilines is 1. The van der Waals surface area contributed by atoms with Crippen molar-refractivity contribution in [3.05, 3.63) is 58.1 Å². The molecule has 2 atom stereocenters. The largest absolute Gasteiger partial charge is 0.329 e. The third-order valence-electron chi connectivity index (χ3n) is 6.91. The van der Waals surface area contributed by atoms with E-state index in [1.807, 2.05) is 18.3 Å². The number of piperidine rings is 1. The predicted molar refractivity (Wildman–Crippen MR) is 119 cm³/mol. The first-order valence-corrected chi connectivity index (χ1v) is 11.4. The number of likely N-dealkylation sites (tertiary alicyclic amines) is 1. The van der Waals surface area contributed by atoms with Crippen LogP contribution in [-0.2, 0) is 4.79 Å². The lowest BCUT2D eigenvalue weighted by molar-refractivity contribution is -0.125. The summed E-state index contributed by atoms with van der Waals surface area (Å²) >= 11 is 0. The molecule has 32 heavy (non-hydrogen) atoms. The highest BCUT2D eigenvalue weighted by Crippen LogP contribution is 2.40. The number of nitrogens with one attached hydrogen (secondary N) is 2. The maximum atomic E-state index is 14.6. The van der Waals surface area contributed by atoms with Gasteiger partial charge in [-0.1, -0.05) is 31.4 Å². The number of aromatic nitrogens is 2. The predicted octanol–water partition coefficient (Wildman–Crippen LogP) is 4.27. The van der Waals surface area contributed by atoms with Gasteiger partial charge in [-0.3, -0.25) is 14.5 Å². The Labute approximate surface area is 186 Å². The third-order valence-corrected chi connectivity index (χ3v) is 6.91. The number of carbonyl (C=O) groups is 1. The van der Waals surface area contributed by atoms with E-state index in [0.29, 0.717) is 17.3 Å². The number of rotatable bonds is 5. The molecule has 0 spiro atoms. The zero-order valence-corrected chi connectivity index (χ0v) is 18.3. The third kappa shape index (κ3) is 5.06. The van der Waals surface area contributed by atoms with E-state index in [1.165, 1.54) is 56.0 Å². The van der Waals surface area contributed by atoms with Crippen molar-refractivity contribution in [1.29, 1.82) is 0 Å². The van der Waals surface area contributed by atoms with Gasteiger partial charge in [-0.15, -0.1) is 0 Å². The molecule has 1 saturated carbocycles. The van der Waals surface area contributed by atoms with Crippen LogP contribution in [-0.4, -0.2) is 45.8 Å². The van der Waals surface area contributed by atoms with Gasteiger partial charge in [-0.2, -0.15) is 0 Å².